The van der Waals surface area contributed by atoms with Crippen LogP contribution >= 0.6 is 0 Å². The van der Waals surface area contributed by atoms with E-state index in [9.17, 15) is 14.4 Å². The van der Waals surface area contributed by atoms with Crippen molar-refractivity contribution in [2.75, 3.05) is 6.67 Å². The third kappa shape index (κ3) is 8.15. The second-order valence-electron chi connectivity index (χ2n) is 11.1. The Balaban J connectivity index is 1.92. The number of nitrogens with zero attached hydrogens (tertiary/aromatic N) is 2. The van der Waals surface area contributed by atoms with Gasteiger partial charge >= 0.3 is 12.1 Å². The van der Waals surface area contributed by atoms with Crippen LogP contribution in [0.2, 0.25) is 0 Å². The van der Waals surface area contributed by atoms with Crippen LogP contribution in [0.15, 0.2) is 60.7 Å². The highest BCUT2D eigenvalue weighted by Crippen LogP contribution is 2.32. The Kier molecular flexibility index (Phi) is 9.86. The van der Waals surface area contributed by atoms with Crippen molar-refractivity contribution < 1.29 is 23.9 Å². The summed E-state index contributed by atoms with van der Waals surface area (Å²) in [5.74, 6) is -0.146. The van der Waals surface area contributed by atoms with Crippen molar-refractivity contribution in [1.29, 1.82) is 0 Å². The molecule has 0 saturated carbocycles. The van der Waals surface area contributed by atoms with Crippen LogP contribution in [0.5, 0.6) is 0 Å². The fourth-order valence-electron chi connectivity index (χ4n) is 4.79. The number of hydrogen-bond donors (Lipinski definition) is 0. The molecule has 0 unspecified atom stereocenters. The molecule has 7 nitrogen and oxygen atoms in total. The molecule has 37 heavy (non-hydrogen) atoms. The van der Waals surface area contributed by atoms with Gasteiger partial charge in [-0.2, -0.15) is 0 Å². The Bertz CT molecular complexity index is 1020. The Morgan fingerprint density at radius 3 is 2.11 bits per heavy atom. The minimum atomic E-state index is -0.673. The molecule has 0 radical (unpaired) electrons. The maximum absolute atomic E-state index is 13.5. The SMILES string of the molecule is CC(C)C[C@@H](C(=O)OCc1ccccc1)N1CN(C(=O)OC(C)(C)C)[C@H](Cc2ccccc2)[C@H]1CC=O. The van der Waals surface area contributed by atoms with Gasteiger partial charge in [0, 0.05) is 12.5 Å². The molecular formula is C30H40N2O5. The van der Waals surface area contributed by atoms with Gasteiger partial charge in [-0.3, -0.25) is 14.6 Å². The fraction of sp³-hybridized carbons (Fsp3) is 0.500. The maximum atomic E-state index is 13.5. The lowest BCUT2D eigenvalue weighted by atomic mass is 9.95. The summed E-state index contributed by atoms with van der Waals surface area (Å²) >= 11 is 0. The average molecular weight is 509 g/mol. The molecule has 0 aliphatic carbocycles. The first-order chi connectivity index (χ1) is 17.6. The minimum absolute atomic E-state index is 0.170. The van der Waals surface area contributed by atoms with Gasteiger partial charge in [-0.25, -0.2) is 4.79 Å². The highest BCUT2D eigenvalue weighted by atomic mass is 16.6. The number of hydrogen-bond acceptors (Lipinski definition) is 6. The molecule has 2 aromatic carbocycles. The molecule has 1 fully saturated rings. The van der Waals surface area contributed by atoms with Crippen LogP contribution < -0.4 is 0 Å². The summed E-state index contributed by atoms with van der Waals surface area (Å²) in [7, 11) is 0. The quantitative estimate of drug-likeness (QED) is 0.323. The van der Waals surface area contributed by atoms with Crippen LogP contribution in [-0.2, 0) is 32.1 Å². The van der Waals surface area contributed by atoms with Crippen LogP contribution in [0.4, 0.5) is 4.79 Å². The number of rotatable bonds is 10. The third-order valence-electron chi connectivity index (χ3n) is 6.43. The summed E-state index contributed by atoms with van der Waals surface area (Å²) in [6.45, 7) is 9.94. The normalized spacial score (nSPS) is 19.0. The average Bonchev–Trinajstić information content (AvgIpc) is 3.19. The zero-order chi connectivity index (χ0) is 27.0. The highest BCUT2D eigenvalue weighted by molar-refractivity contribution is 5.76. The van der Waals surface area contributed by atoms with Crippen molar-refractivity contribution in [2.45, 2.75) is 84.2 Å². The number of benzene rings is 2. The molecule has 2 aromatic rings. The highest BCUT2D eigenvalue weighted by Gasteiger charge is 2.48. The van der Waals surface area contributed by atoms with E-state index in [0.717, 1.165) is 17.4 Å². The summed E-state index contributed by atoms with van der Waals surface area (Å²) < 4.78 is 11.5. The van der Waals surface area contributed by atoms with Crippen LogP contribution in [0.3, 0.4) is 0 Å². The van der Waals surface area contributed by atoms with Crippen LogP contribution in [-0.4, -0.2) is 58.5 Å². The fourth-order valence-corrected chi connectivity index (χ4v) is 4.79. The topological polar surface area (TPSA) is 76.2 Å². The van der Waals surface area contributed by atoms with Gasteiger partial charge in [0.25, 0.3) is 0 Å². The van der Waals surface area contributed by atoms with E-state index in [4.69, 9.17) is 9.47 Å². The first-order valence-electron chi connectivity index (χ1n) is 13.0. The van der Waals surface area contributed by atoms with E-state index in [2.05, 4.69) is 13.8 Å². The predicted molar refractivity (Wildman–Crippen MR) is 143 cm³/mol. The Morgan fingerprint density at radius 2 is 1.57 bits per heavy atom. The van der Waals surface area contributed by atoms with Gasteiger partial charge in [-0.15, -0.1) is 0 Å². The van der Waals surface area contributed by atoms with Gasteiger partial charge < -0.3 is 14.3 Å². The van der Waals surface area contributed by atoms with Gasteiger partial charge in [0.15, 0.2) is 0 Å². The van der Waals surface area contributed by atoms with E-state index in [1.807, 2.05) is 86.3 Å². The molecule has 1 amide bonds. The molecule has 0 N–H and O–H groups in total. The molecule has 200 valence electrons. The molecular weight excluding hydrogens is 468 g/mol. The number of amides is 1. The van der Waals surface area contributed by atoms with Crippen molar-refractivity contribution in [2.24, 2.45) is 5.92 Å². The third-order valence-corrected chi connectivity index (χ3v) is 6.43. The zero-order valence-corrected chi connectivity index (χ0v) is 22.6. The number of esters is 1. The number of aldehydes is 1. The van der Waals surface area contributed by atoms with Crippen LogP contribution in [0, 0.1) is 5.92 Å². The van der Waals surface area contributed by atoms with Crippen LogP contribution in [0.25, 0.3) is 0 Å². The summed E-state index contributed by atoms with van der Waals surface area (Å²) in [4.78, 5) is 42.3. The van der Waals surface area contributed by atoms with Gasteiger partial charge in [0.1, 0.15) is 24.5 Å². The Morgan fingerprint density at radius 1 is 0.973 bits per heavy atom. The molecule has 1 aliphatic heterocycles. The zero-order valence-electron chi connectivity index (χ0n) is 22.6. The Labute approximate surface area is 220 Å². The first kappa shape index (κ1) is 28.4. The molecule has 0 aromatic heterocycles. The number of ether oxygens (including phenoxy) is 2. The van der Waals surface area contributed by atoms with Gasteiger partial charge in [0.2, 0.25) is 0 Å². The van der Waals surface area contributed by atoms with E-state index >= 15 is 0 Å². The second kappa shape index (κ2) is 12.9. The molecule has 0 bridgehead atoms. The van der Waals surface area contributed by atoms with E-state index < -0.39 is 17.7 Å². The molecule has 1 heterocycles. The summed E-state index contributed by atoms with van der Waals surface area (Å²) in [6, 6.07) is 18.1. The van der Waals surface area contributed by atoms with Crippen molar-refractivity contribution >= 4 is 18.3 Å². The number of carbonyl (C=O) groups excluding carboxylic acids is 3. The largest absolute Gasteiger partial charge is 0.460 e. The van der Waals surface area contributed by atoms with Gasteiger partial charge in [-0.1, -0.05) is 74.5 Å². The monoisotopic (exact) mass is 508 g/mol. The molecule has 3 atom stereocenters. The van der Waals surface area contributed by atoms with Crippen molar-refractivity contribution in [3.63, 3.8) is 0 Å². The lowest BCUT2D eigenvalue weighted by molar-refractivity contribution is -0.153. The number of carbonyl (C=O) groups is 3. The van der Waals surface area contributed by atoms with E-state index in [0.29, 0.717) is 12.8 Å². The smallest absolute Gasteiger partial charge is 0.411 e. The maximum Gasteiger partial charge on any atom is 0.411 e. The van der Waals surface area contributed by atoms with Crippen molar-refractivity contribution in [1.82, 2.24) is 9.80 Å². The predicted octanol–water partition coefficient (Wildman–Crippen LogP) is 5.22. The first-order valence-corrected chi connectivity index (χ1v) is 13.0. The van der Waals surface area contributed by atoms with Crippen molar-refractivity contribution in [3.8, 4) is 0 Å². The summed E-state index contributed by atoms with van der Waals surface area (Å²) in [6.07, 6.45) is 1.70. The second-order valence-corrected chi connectivity index (χ2v) is 11.1. The van der Waals surface area contributed by atoms with E-state index in [1.54, 1.807) is 4.90 Å². The Hall–Kier alpha value is -3.19. The summed E-state index contributed by atoms with van der Waals surface area (Å²) in [5.41, 5.74) is 1.28. The summed E-state index contributed by atoms with van der Waals surface area (Å²) in [5, 5.41) is 0. The standard InChI is InChI=1S/C30H40N2O5/c1-22(2)18-27(28(34)36-20-24-14-10-7-11-15-24)31-21-32(29(35)37-30(3,4)5)26(25(31)16-17-33)19-23-12-8-6-9-13-23/h6-15,17,22,25-27H,16,18-21H2,1-5H3/t25-,26-,27+/m1/s1. The molecule has 3 rings (SSSR count). The van der Waals surface area contributed by atoms with Crippen LogP contribution in [0.1, 0.15) is 58.6 Å². The molecule has 7 heteroatoms. The lowest BCUT2D eigenvalue weighted by Gasteiger charge is -2.32. The minimum Gasteiger partial charge on any atom is -0.460 e. The van der Waals surface area contributed by atoms with E-state index in [1.165, 1.54) is 0 Å². The van der Waals surface area contributed by atoms with Gasteiger partial charge in [0.05, 0.1) is 12.7 Å². The van der Waals surface area contributed by atoms with Gasteiger partial charge in [-0.05, 0) is 50.7 Å². The molecule has 0 spiro atoms. The molecule has 1 saturated heterocycles. The molecule has 1 aliphatic rings. The van der Waals surface area contributed by atoms with E-state index in [-0.39, 0.29) is 43.7 Å². The van der Waals surface area contributed by atoms with Crippen molar-refractivity contribution in [3.05, 3.63) is 71.8 Å². The lowest BCUT2D eigenvalue weighted by Crippen LogP contribution is -2.48.